The van der Waals surface area contributed by atoms with Crippen molar-refractivity contribution >= 4 is 17.8 Å². The molecule has 0 bridgehead atoms. The van der Waals surface area contributed by atoms with E-state index < -0.39 is 5.54 Å². The number of urea groups is 1. The van der Waals surface area contributed by atoms with Crippen LogP contribution < -0.4 is 5.32 Å². The molecule has 4 amide bonds. The molecule has 170 valence electrons. The first-order valence-electron chi connectivity index (χ1n) is 11.3. The van der Waals surface area contributed by atoms with Gasteiger partial charge in [-0.3, -0.25) is 19.2 Å². The SMILES string of the molecule is Cc1nn(Cc2ccccc2)c(C)c1CNC(=O)CN1C(=O)N(C)C2(CCCCC2)C1=O. The molecule has 2 aliphatic rings. The van der Waals surface area contributed by atoms with Crippen molar-refractivity contribution in [2.75, 3.05) is 13.6 Å². The van der Waals surface area contributed by atoms with Crippen LogP contribution in [0, 0.1) is 13.8 Å². The number of nitrogens with zero attached hydrogens (tertiary/aromatic N) is 4. The van der Waals surface area contributed by atoms with Gasteiger partial charge in [-0.15, -0.1) is 0 Å². The summed E-state index contributed by atoms with van der Waals surface area (Å²) in [5, 5.41) is 7.49. The maximum atomic E-state index is 13.1. The van der Waals surface area contributed by atoms with Gasteiger partial charge in [0.15, 0.2) is 0 Å². The number of hydrogen-bond acceptors (Lipinski definition) is 4. The fraction of sp³-hybridized carbons (Fsp3) is 0.500. The first kappa shape index (κ1) is 22.0. The van der Waals surface area contributed by atoms with Gasteiger partial charge in [-0.2, -0.15) is 5.10 Å². The number of aryl methyl sites for hydroxylation is 1. The normalized spacial score (nSPS) is 18.0. The second-order valence-corrected chi connectivity index (χ2v) is 8.89. The summed E-state index contributed by atoms with van der Waals surface area (Å²) in [7, 11) is 1.68. The number of imide groups is 1. The molecule has 1 aliphatic heterocycles. The van der Waals surface area contributed by atoms with Gasteiger partial charge in [-0.05, 0) is 32.3 Å². The summed E-state index contributed by atoms with van der Waals surface area (Å²) >= 11 is 0. The van der Waals surface area contributed by atoms with E-state index in [-0.39, 0.29) is 24.4 Å². The maximum Gasteiger partial charge on any atom is 0.327 e. The Morgan fingerprint density at radius 1 is 1.09 bits per heavy atom. The first-order chi connectivity index (χ1) is 15.3. The summed E-state index contributed by atoms with van der Waals surface area (Å²) in [4.78, 5) is 41.1. The third-order valence-electron chi connectivity index (χ3n) is 6.95. The highest BCUT2D eigenvalue weighted by atomic mass is 16.2. The highest BCUT2D eigenvalue weighted by Gasteiger charge is 2.55. The molecule has 1 aromatic carbocycles. The van der Waals surface area contributed by atoms with Gasteiger partial charge in [0.05, 0.1) is 12.2 Å². The molecule has 1 saturated heterocycles. The standard InChI is InChI=1S/C24H31N5O3/c1-17-20(18(2)29(26-17)15-19-10-6-4-7-11-19)14-25-21(30)16-28-22(31)24(27(3)23(28)32)12-8-5-9-13-24/h4,6-7,10-11H,5,8-9,12-16H2,1-3H3,(H,25,30). The molecular formula is C24H31N5O3. The minimum absolute atomic E-state index is 0.233. The number of benzene rings is 1. The Balaban J connectivity index is 1.39. The molecule has 32 heavy (non-hydrogen) atoms. The monoisotopic (exact) mass is 437 g/mol. The second kappa shape index (κ2) is 8.76. The fourth-order valence-corrected chi connectivity index (χ4v) is 4.96. The van der Waals surface area contributed by atoms with Crippen LogP contribution in [0.15, 0.2) is 30.3 Å². The van der Waals surface area contributed by atoms with E-state index in [4.69, 9.17) is 0 Å². The van der Waals surface area contributed by atoms with Gasteiger partial charge in [-0.1, -0.05) is 49.6 Å². The van der Waals surface area contributed by atoms with Gasteiger partial charge in [0.2, 0.25) is 5.91 Å². The number of amides is 4. The highest BCUT2D eigenvalue weighted by Crippen LogP contribution is 2.39. The topological polar surface area (TPSA) is 87.5 Å². The van der Waals surface area contributed by atoms with E-state index in [1.54, 1.807) is 11.9 Å². The van der Waals surface area contributed by atoms with Gasteiger partial charge in [-0.25, -0.2) is 4.79 Å². The van der Waals surface area contributed by atoms with Gasteiger partial charge >= 0.3 is 6.03 Å². The Labute approximate surface area is 188 Å². The largest absolute Gasteiger partial charge is 0.350 e. The molecule has 1 saturated carbocycles. The van der Waals surface area contributed by atoms with Crippen LogP contribution in [0.4, 0.5) is 4.79 Å². The number of hydrogen-bond donors (Lipinski definition) is 1. The number of rotatable bonds is 6. The van der Waals surface area contributed by atoms with Crippen molar-refractivity contribution in [3.8, 4) is 0 Å². The quantitative estimate of drug-likeness (QED) is 0.704. The zero-order valence-corrected chi connectivity index (χ0v) is 19.1. The van der Waals surface area contributed by atoms with Crippen molar-refractivity contribution < 1.29 is 14.4 Å². The summed E-state index contributed by atoms with van der Waals surface area (Å²) in [6, 6.07) is 9.71. The Morgan fingerprint density at radius 3 is 2.47 bits per heavy atom. The lowest BCUT2D eigenvalue weighted by Gasteiger charge is -2.35. The van der Waals surface area contributed by atoms with E-state index in [1.165, 1.54) is 0 Å². The summed E-state index contributed by atoms with van der Waals surface area (Å²) < 4.78 is 1.93. The summed E-state index contributed by atoms with van der Waals surface area (Å²) in [6.45, 7) is 4.63. The van der Waals surface area contributed by atoms with Crippen LogP contribution >= 0.6 is 0 Å². The molecule has 1 aliphatic carbocycles. The third-order valence-corrected chi connectivity index (χ3v) is 6.95. The minimum atomic E-state index is -0.763. The molecule has 2 aromatic rings. The number of carbonyl (C=O) groups is 3. The zero-order valence-electron chi connectivity index (χ0n) is 19.1. The van der Waals surface area contributed by atoms with Gasteiger partial charge in [0.25, 0.3) is 5.91 Å². The molecule has 1 N–H and O–H groups in total. The molecule has 8 nitrogen and oxygen atoms in total. The Bertz CT molecular complexity index is 1020. The molecule has 0 unspecified atom stereocenters. The van der Waals surface area contributed by atoms with Crippen molar-refractivity contribution in [1.29, 1.82) is 0 Å². The van der Waals surface area contributed by atoms with E-state index in [0.717, 1.165) is 46.7 Å². The van der Waals surface area contributed by atoms with Gasteiger partial charge in [0, 0.05) is 24.8 Å². The van der Waals surface area contributed by atoms with E-state index in [2.05, 4.69) is 22.5 Å². The van der Waals surface area contributed by atoms with Crippen LogP contribution in [-0.4, -0.2) is 56.6 Å². The molecule has 0 radical (unpaired) electrons. The van der Waals surface area contributed by atoms with Gasteiger partial charge in [0.1, 0.15) is 12.1 Å². The lowest BCUT2D eigenvalue weighted by Crippen LogP contribution is -2.49. The first-order valence-corrected chi connectivity index (χ1v) is 11.3. The number of carbonyl (C=O) groups excluding carboxylic acids is 3. The van der Waals surface area contributed by atoms with Crippen LogP contribution in [0.5, 0.6) is 0 Å². The second-order valence-electron chi connectivity index (χ2n) is 8.89. The summed E-state index contributed by atoms with van der Waals surface area (Å²) in [5.74, 6) is -0.578. The van der Waals surface area contributed by atoms with Crippen molar-refractivity contribution in [1.82, 2.24) is 24.9 Å². The molecule has 2 fully saturated rings. The average Bonchev–Trinajstić information content (AvgIpc) is 3.15. The minimum Gasteiger partial charge on any atom is -0.350 e. The maximum absolute atomic E-state index is 13.1. The highest BCUT2D eigenvalue weighted by molar-refractivity contribution is 6.08. The van der Waals surface area contributed by atoms with Crippen molar-refractivity contribution in [2.45, 2.75) is 64.6 Å². The van der Waals surface area contributed by atoms with E-state index >= 15 is 0 Å². The van der Waals surface area contributed by atoms with Crippen LogP contribution in [0.1, 0.15) is 54.6 Å². The van der Waals surface area contributed by atoms with Crippen molar-refractivity contribution in [3.63, 3.8) is 0 Å². The number of likely N-dealkylation sites (N-methyl/N-ethyl adjacent to an activating group) is 1. The summed E-state index contributed by atoms with van der Waals surface area (Å²) in [5.41, 5.74) is 3.19. The number of aromatic nitrogens is 2. The fourth-order valence-electron chi connectivity index (χ4n) is 4.96. The van der Waals surface area contributed by atoms with E-state index in [1.807, 2.05) is 36.7 Å². The van der Waals surface area contributed by atoms with Crippen LogP contribution in [0.25, 0.3) is 0 Å². The molecular weight excluding hydrogens is 406 g/mol. The lowest BCUT2D eigenvalue weighted by molar-refractivity contribution is -0.137. The Morgan fingerprint density at radius 2 is 1.78 bits per heavy atom. The molecule has 1 spiro atoms. The van der Waals surface area contributed by atoms with E-state index in [0.29, 0.717) is 25.9 Å². The van der Waals surface area contributed by atoms with Crippen LogP contribution in [0.3, 0.4) is 0 Å². The summed E-state index contributed by atoms with van der Waals surface area (Å²) in [6.07, 6.45) is 4.27. The number of nitrogens with one attached hydrogen (secondary N) is 1. The van der Waals surface area contributed by atoms with Crippen LogP contribution in [0.2, 0.25) is 0 Å². The van der Waals surface area contributed by atoms with E-state index in [9.17, 15) is 14.4 Å². The third kappa shape index (κ3) is 3.89. The lowest BCUT2D eigenvalue weighted by atomic mass is 9.81. The Hall–Kier alpha value is -3.16. The van der Waals surface area contributed by atoms with Crippen molar-refractivity contribution in [3.05, 3.63) is 52.8 Å². The molecule has 1 aromatic heterocycles. The van der Waals surface area contributed by atoms with Crippen LogP contribution in [-0.2, 0) is 22.7 Å². The van der Waals surface area contributed by atoms with Gasteiger partial charge < -0.3 is 10.2 Å². The smallest absolute Gasteiger partial charge is 0.327 e. The zero-order chi connectivity index (χ0) is 22.9. The van der Waals surface area contributed by atoms with Crippen molar-refractivity contribution in [2.24, 2.45) is 0 Å². The molecule has 4 rings (SSSR count). The Kier molecular flexibility index (Phi) is 6.04. The molecule has 0 atom stereocenters. The molecule has 2 heterocycles. The average molecular weight is 438 g/mol. The predicted octanol–water partition coefficient (Wildman–Crippen LogP) is 2.76. The molecule has 8 heteroatoms. The predicted molar refractivity (Wildman–Crippen MR) is 120 cm³/mol.